The fourth-order valence-corrected chi connectivity index (χ4v) is 3.48. The molecule has 1 aromatic carbocycles. The van der Waals surface area contributed by atoms with Crippen molar-refractivity contribution < 1.29 is 9.47 Å². The van der Waals surface area contributed by atoms with Crippen LogP contribution in [0.2, 0.25) is 0 Å². The SMILES string of the molecule is Cn1cc([C@H]2OCC[C@@H]2CNCC2=Cc3ccccc3OC2)cn1. The van der Waals surface area contributed by atoms with Crippen LogP contribution in [0.25, 0.3) is 6.08 Å². The van der Waals surface area contributed by atoms with E-state index >= 15 is 0 Å². The second-order valence-corrected chi connectivity index (χ2v) is 6.55. The highest BCUT2D eigenvalue weighted by atomic mass is 16.5. The first-order chi connectivity index (χ1) is 11.8. The molecule has 2 atom stereocenters. The van der Waals surface area contributed by atoms with Gasteiger partial charge in [0.2, 0.25) is 0 Å². The molecule has 2 aromatic rings. The molecule has 24 heavy (non-hydrogen) atoms. The Morgan fingerprint density at radius 3 is 3.12 bits per heavy atom. The zero-order chi connectivity index (χ0) is 16.4. The van der Waals surface area contributed by atoms with Gasteiger partial charge in [-0.05, 0) is 24.1 Å². The van der Waals surface area contributed by atoms with Gasteiger partial charge in [-0.2, -0.15) is 5.10 Å². The normalized spacial score (nSPS) is 22.8. The van der Waals surface area contributed by atoms with Crippen LogP contribution < -0.4 is 10.1 Å². The van der Waals surface area contributed by atoms with Crippen LogP contribution >= 0.6 is 0 Å². The van der Waals surface area contributed by atoms with Gasteiger partial charge in [0.25, 0.3) is 0 Å². The van der Waals surface area contributed by atoms with Crippen molar-refractivity contribution in [1.29, 1.82) is 0 Å². The van der Waals surface area contributed by atoms with Crippen molar-refractivity contribution in [2.75, 3.05) is 26.3 Å². The predicted molar refractivity (Wildman–Crippen MR) is 92.8 cm³/mol. The lowest BCUT2D eigenvalue weighted by Gasteiger charge is -2.21. The molecular weight excluding hydrogens is 302 g/mol. The van der Waals surface area contributed by atoms with E-state index in [1.54, 1.807) is 0 Å². The molecule has 2 aliphatic heterocycles. The number of ether oxygens (including phenoxy) is 2. The molecule has 5 heteroatoms. The van der Waals surface area contributed by atoms with Gasteiger partial charge in [0.1, 0.15) is 12.4 Å². The average molecular weight is 325 g/mol. The van der Waals surface area contributed by atoms with Crippen LogP contribution in [-0.4, -0.2) is 36.1 Å². The van der Waals surface area contributed by atoms with Crippen LogP contribution in [-0.2, 0) is 11.8 Å². The summed E-state index contributed by atoms with van der Waals surface area (Å²) < 4.78 is 13.6. The van der Waals surface area contributed by atoms with Gasteiger partial charge in [-0.3, -0.25) is 4.68 Å². The van der Waals surface area contributed by atoms with Crippen molar-refractivity contribution in [1.82, 2.24) is 15.1 Å². The molecular formula is C19H23N3O2. The molecule has 126 valence electrons. The third-order valence-electron chi connectivity index (χ3n) is 4.72. The molecule has 0 spiro atoms. The molecule has 0 unspecified atom stereocenters. The standard InChI is InChI=1S/C19H23N3O2/c1-22-12-17(11-21-22)19-16(6-7-23-19)10-20-9-14-8-15-4-2-3-5-18(15)24-13-14/h2-5,8,11-12,16,19-20H,6-7,9-10,13H2,1H3/t16-,19+/m1/s1. The largest absolute Gasteiger partial charge is 0.489 e. The number of hydrogen-bond donors (Lipinski definition) is 1. The summed E-state index contributed by atoms with van der Waals surface area (Å²) in [6.45, 7) is 3.28. The van der Waals surface area contributed by atoms with Crippen molar-refractivity contribution in [2.24, 2.45) is 13.0 Å². The van der Waals surface area contributed by atoms with Gasteiger partial charge >= 0.3 is 0 Å². The Labute approximate surface area is 142 Å². The monoisotopic (exact) mass is 325 g/mol. The van der Waals surface area contributed by atoms with Gasteiger partial charge in [0.15, 0.2) is 0 Å². The van der Waals surface area contributed by atoms with Crippen LogP contribution in [0.1, 0.15) is 23.7 Å². The third-order valence-corrected chi connectivity index (χ3v) is 4.72. The van der Waals surface area contributed by atoms with E-state index in [1.807, 2.05) is 36.1 Å². The Morgan fingerprint density at radius 2 is 2.25 bits per heavy atom. The van der Waals surface area contributed by atoms with Crippen LogP contribution in [0.4, 0.5) is 0 Å². The third kappa shape index (κ3) is 3.23. The first-order valence-corrected chi connectivity index (χ1v) is 8.52. The first kappa shape index (κ1) is 15.4. The summed E-state index contributed by atoms with van der Waals surface area (Å²) >= 11 is 0. The molecule has 0 amide bonds. The molecule has 1 fully saturated rings. The average Bonchev–Trinajstić information content (AvgIpc) is 3.23. The summed E-state index contributed by atoms with van der Waals surface area (Å²) in [6, 6.07) is 8.17. The molecule has 0 bridgehead atoms. The molecule has 0 aliphatic carbocycles. The Bertz CT molecular complexity index is 738. The van der Waals surface area contributed by atoms with Crippen molar-refractivity contribution in [2.45, 2.75) is 12.5 Å². The molecule has 0 saturated carbocycles. The number of aromatic nitrogens is 2. The fraction of sp³-hybridized carbons (Fsp3) is 0.421. The highest BCUT2D eigenvalue weighted by Crippen LogP contribution is 2.33. The second kappa shape index (κ2) is 6.79. The summed E-state index contributed by atoms with van der Waals surface area (Å²) in [5, 5.41) is 7.84. The number of rotatable bonds is 5. The minimum absolute atomic E-state index is 0.156. The topological polar surface area (TPSA) is 48.3 Å². The van der Waals surface area contributed by atoms with Crippen molar-refractivity contribution in [3.63, 3.8) is 0 Å². The van der Waals surface area contributed by atoms with Crippen molar-refractivity contribution in [3.05, 3.63) is 53.4 Å². The van der Waals surface area contributed by atoms with Gasteiger partial charge in [-0.15, -0.1) is 0 Å². The van der Waals surface area contributed by atoms with Crippen LogP contribution in [0.15, 0.2) is 42.2 Å². The lowest BCUT2D eigenvalue weighted by molar-refractivity contribution is 0.0906. The molecule has 2 aliphatic rings. The molecule has 4 rings (SSSR count). The number of nitrogens with one attached hydrogen (secondary N) is 1. The van der Waals surface area contributed by atoms with E-state index in [0.717, 1.165) is 37.4 Å². The summed E-state index contributed by atoms with van der Waals surface area (Å²) in [4.78, 5) is 0. The maximum absolute atomic E-state index is 5.92. The maximum Gasteiger partial charge on any atom is 0.127 e. The number of para-hydroxylation sites is 1. The van der Waals surface area contributed by atoms with Gasteiger partial charge in [-0.1, -0.05) is 18.2 Å². The maximum atomic E-state index is 5.92. The molecule has 1 N–H and O–H groups in total. The van der Waals surface area contributed by atoms with Crippen LogP contribution in [0.5, 0.6) is 5.75 Å². The first-order valence-electron chi connectivity index (χ1n) is 8.52. The van der Waals surface area contributed by atoms with E-state index in [9.17, 15) is 0 Å². The molecule has 1 aromatic heterocycles. The summed E-state index contributed by atoms with van der Waals surface area (Å²) in [5.74, 6) is 1.47. The van der Waals surface area contributed by atoms with E-state index in [1.165, 1.54) is 11.1 Å². The number of fused-ring (bicyclic) bond motifs is 1. The second-order valence-electron chi connectivity index (χ2n) is 6.55. The summed E-state index contributed by atoms with van der Waals surface area (Å²) in [6.07, 6.45) is 7.44. The predicted octanol–water partition coefficient (Wildman–Crippen LogP) is 2.56. The Morgan fingerprint density at radius 1 is 1.33 bits per heavy atom. The van der Waals surface area contributed by atoms with E-state index < -0.39 is 0 Å². The van der Waals surface area contributed by atoms with Gasteiger partial charge < -0.3 is 14.8 Å². The Hall–Kier alpha value is -2.11. The Balaban J connectivity index is 1.33. The van der Waals surface area contributed by atoms with Gasteiger partial charge in [0, 0.05) is 50.0 Å². The number of nitrogens with zero attached hydrogens (tertiary/aromatic N) is 2. The van der Waals surface area contributed by atoms with E-state index in [-0.39, 0.29) is 6.10 Å². The molecule has 0 radical (unpaired) electrons. The smallest absolute Gasteiger partial charge is 0.127 e. The molecule has 3 heterocycles. The van der Waals surface area contributed by atoms with Crippen LogP contribution in [0.3, 0.4) is 0 Å². The zero-order valence-corrected chi connectivity index (χ0v) is 13.9. The lowest BCUT2D eigenvalue weighted by atomic mass is 9.97. The number of aryl methyl sites for hydroxylation is 1. The van der Waals surface area contributed by atoms with Gasteiger partial charge in [0.05, 0.1) is 12.3 Å². The minimum Gasteiger partial charge on any atom is -0.489 e. The zero-order valence-electron chi connectivity index (χ0n) is 13.9. The van der Waals surface area contributed by atoms with Crippen LogP contribution in [0, 0.1) is 5.92 Å². The highest BCUT2D eigenvalue weighted by Gasteiger charge is 2.30. The number of benzene rings is 1. The summed E-state index contributed by atoms with van der Waals surface area (Å²) in [5.41, 5.74) is 3.62. The van der Waals surface area contributed by atoms with Crippen molar-refractivity contribution >= 4 is 6.08 Å². The highest BCUT2D eigenvalue weighted by molar-refractivity contribution is 5.62. The quantitative estimate of drug-likeness (QED) is 0.918. The van der Waals surface area contributed by atoms with E-state index in [4.69, 9.17) is 9.47 Å². The molecule has 5 nitrogen and oxygen atoms in total. The minimum atomic E-state index is 0.156. The fourth-order valence-electron chi connectivity index (χ4n) is 3.48. The Kier molecular flexibility index (Phi) is 4.36. The van der Waals surface area contributed by atoms with E-state index in [2.05, 4.69) is 28.8 Å². The van der Waals surface area contributed by atoms with E-state index in [0.29, 0.717) is 12.5 Å². The lowest BCUT2D eigenvalue weighted by Crippen LogP contribution is -2.28. The number of hydrogen-bond acceptors (Lipinski definition) is 4. The van der Waals surface area contributed by atoms with Gasteiger partial charge in [-0.25, -0.2) is 0 Å². The molecule has 1 saturated heterocycles. The summed E-state index contributed by atoms with van der Waals surface area (Å²) in [7, 11) is 1.94. The van der Waals surface area contributed by atoms with Crippen molar-refractivity contribution in [3.8, 4) is 5.75 Å².